The summed E-state index contributed by atoms with van der Waals surface area (Å²) in [5.74, 6) is -0.0473. The summed E-state index contributed by atoms with van der Waals surface area (Å²) in [7, 11) is 0. The molecule has 0 aromatic carbocycles. The summed E-state index contributed by atoms with van der Waals surface area (Å²) >= 11 is 0. The van der Waals surface area contributed by atoms with Gasteiger partial charge in [-0.3, -0.25) is 24.5 Å². The van der Waals surface area contributed by atoms with Crippen LogP contribution in [0.4, 0.5) is 0 Å². The van der Waals surface area contributed by atoms with E-state index in [4.69, 9.17) is 0 Å². The molecule has 3 rings (SSSR count). The smallest absolute Gasteiger partial charge is 0.320 e. The van der Waals surface area contributed by atoms with Crippen LogP contribution in [-0.4, -0.2) is 62.4 Å². The van der Waals surface area contributed by atoms with Gasteiger partial charge in [-0.25, -0.2) is 0 Å². The lowest BCUT2D eigenvalue weighted by molar-refractivity contribution is -0.142. The molecule has 1 amide bonds. The molecule has 0 radical (unpaired) electrons. The second-order valence-corrected chi connectivity index (χ2v) is 7.12. The molecule has 1 atom stereocenters. The quantitative estimate of drug-likeness (QED) is 0.865. The van der Waals surface area contributed by atoms with E-state index in [1.165, 1.54) is 0 Å². The normalized spacial score (nSPS) is 22.3. The number of rotatable bonds is 5. The summed E-state index contributed by atoms with van der Waals surface area (Å²) in [6.45, 7) is 4.63. The molecule has 1 aromatic rings. The zero-order chi connectivity index (χ0) is 17.8. The molecular formula is C18H26N4O3. The van der Waals surface area contributed by atoms with Gasteiger partial charge in [-0.15, -0.1) is 0 Å². The van der Waals surface area contributed by atoms with E-state index in [0.717, 1.165) is 56.7 Å². The second kappa shape index (κ2) is 7.91. The Bertz CT molecular complexity index is 611. The van der Waals surface area contributed by atoms with Gasteiger partial charge in [-0.2, -0.15) is 0 Å². The van der Waals surface area contributed by atoms with Gasteiger partial charge in [0.1, 0.15) is 6.04 Å². The highest BCUT2D eigenvalue weighted by molar-refractivity contribution is 5.74. The van der Waals surface area contributed by atoms with Crippen molar-refractivity contribution in [2.75, 3.05) is 19.6 Å². The fourth-order valence-corrected chi connectivity index (χ4v) is 3.82. The van der Waals surface area contributed by atoms with Crippen LogP contribution < -0.4 is 0 Å². The van der Waals surface area contributed by atoms with Crippen molar-refractivity contribution < 1.29 is 14.7 Å². The van der Waals surface area contributed by atoms with E-state index in [9.17, 15) is 14.7 Å². The highest BCUT2D eigenvalue weighted by atomic mass is 16.4. The first-order valence-corrected chi connectivity index (χ1v) is 9.05. The lowest BCUT2D eigenvalue weighted by Gasteiger charge is -2.31. The van der Waals surface area contributed by atoms with Gasteiger partial charge in [0.2, 0.25) is 5.91 Å². The van der Waals surface area contributed by atoms with E-state index in [1.807, 2.05) is 16.0 Å². The molecular weight excluding hydrogens is 320 g/mol. The number of carbonyl (C=O) groups excluding carboxylic acids is 1. The number of aliphatic carboxylic acids is 1. The Morgan fingerprint density at radius 2 is 1.80 bits per heavy atom. The number of hydrogen-bond donors (Lipinski definition) is 1. The largest absolute Gasteiger partial charge is 0.480 e. The van der Waals surface area contributed by atoms with Crippen LogP contribution in [0.3, 0.4) is 0 Å². The third-order valence-electron chi connectivity index (χ3n) is 5.33. The number of nitrogens with zero attached hydrogens (tertiary/aromatic N) is 4. The van der Waals surface area contributed by atoms with Crippen LogP contribution in [0.5, 0.6) is 0 Å². The zero-order valence-corrected chi connectivity index (χ0v) is 14.7. The minimum atomic E-state index is -0.751. The second-order valence-electron chi connectivity index (χ2n) is 7.12. The van der Waals surface area contributed by atoms with Crippen molar-refractivity contribution in [2.24, 2.45) is 5.92 Å². The maximum Gasteiger partial charge on any atom is 0.320 e. The molecule has 1 unspecified atom stereocenters. The Hall–Kier alpha value is -2.02. The van der Waals surface area contributed by atoms with Gasteiger partial charge in [0.15, 0.2) is 0 Å². The van der Waals surface area contributed by atoms with Crippen LogP contribution in [0, 0.1) is 5.92 Å². The van der Waals surface area contributed by atoms with Crippen LogP contribution in [0.1, 0.15) is 44.0 Å². The highest BCUT2D eigenvalue weighted by Gasteiger charge is 2.30. The van der Waals surface area contributed by atoms with Crippen LogP contribution in [0.25, 0.3) is 0 Å². The monoisotopic (exact) mass is 346 g/mol. The van der Waals surface area contributed by atoms with Crippen molar-refractivity contribution >= 4 is 11.9 Å². The summed E-state index contributed by atoms with van der Waals surface area (Å²) in [5.41, 5.74) is 1.80. The fourth-order valence-electron chi connectivity index (χ4n) is 3.82. The molecule has 0 bridgehead atoms. The standard InChI is InChI=1S/C18H26N4O3/c1-13(23)21-7-4-14(5-8-21)9-15-10-20-16(11-19-15)12-22-6-2-3-17(22)18(24)25/h10-11,14,17H,2-9,12H2,1H3,(H,24,25). The molecule has 136 valence electrons. The first-order valence-electron chi connectivity index (χ1n) is 9.05. The van der Waals surface area contributed by atoms with Crippen LogP contribution in [-0.2, 0) is 22.6 Å². The number of aromatic nitrogens is 2. The van der Waals surface area contributed by atoms with Crippen molar-refractivity contribution in [3.8, 4) is 0 Å². The summed E-state index contributed by atoms with van der Waals surface area (Å²) in [6.07, 6.45) is 8.13. The number of carboxylic acids is 1. The molecule has 0 saturated carbocycles. The van der Waals surface area contributed by atoms with Gasteiger partial charge < -0.3 is 10.0 Å². The number of likely N-dealkylation sites (tertiary alicyclic amines) is 2. The number of hydrogen-bond acceptors (Lipinski definition) is 5. The summed E-state index contributed by atoms with van der Waals surface area (Å²) in [6, 6.07) is -0.395. The van der Waals surface area contributed by atoms with Crippen molar-refractivity contribution in [1.29, 1.82) is 0 Å². The van der Waals surface area contributed by atoms with Crippen molar-refractivity contribution in [3.05, 3.63) is 23.8 Å². The number of amides is 1. The van der Waals surface area contributed by atoms with E-state index in [-0.39, 0.29) is 5.91 Å². The van der Waals surface area contributed by atoms with Crippen molar-refractivity contribution in [2.45, 2.75) is 51.6 Å². The molecule has 7 nitrogen and oxygen atoms in total. The third kappa shape index (κ3) is 4.54. The Labute approximate surface area is 148 Å². The average molecular weight is 346 g/mol. The third-order valence-corrected chi connectivity index (χ3v) is 5.33. The SMILES string of the molecule is CC(=O)N1CCC(Cc2cnc(CN3CCCC3C(=O)O)cn2)CC1. The summed E-state index contributed by atoms with van der Waals surface area (Å²) in [5, 5.41) is 9.24. The molecule has 7 heteroatoms. The molecule has 2 fully saturated rings. The molecule has 1 N–H and O–H groups in total. The Morgan fingerprint density at radius 3 is 2.40 bits per heavy atom. The lowest BCUT2D eigenvalue weighted by atomic mass is 9.92. The van der Waals surface area contributed by atoms with Crippen molar-refractivity contribution in [1.82, 2.24) is 19.8 Å². The van der Waals surface area contributed by atoms with Gasteiger partial charge in [0.25, 0.3) is 0 Å². The van der Waals surface area contributed by atoms with Crippen LogP contribution >= 0.6 is 0 Å². The maximum absolute atomic E-state index is 11.4. The molecule has 3 heterocycles. The lowest BCUT2D eigenvalue weighted by Crippen LogP contribution is -2.37. The zero-order valence-electron chi connectivity index (χ0n) is 14.7. The van der Waals surface area contributed by atoms with Gasteiger partial charge in [-0.05, 0) is 44.6 Å². The molecule has 25 heavy (non-hydrogen) atoms. The number of carbonyl (C=O) groups is 2. The minimum Gasteiger partial charge on any atom is -0.480 e. The van der Waals surface area contributed by atoms with Crippen molar-refractivity contribution in [3.63, 3.8) is 0 Å². The van der Waals surface area contributed by atoms with E-state index in [2.05, 4.69) is 9.97 Å². The number of carboxylic acid groups (broad SMARTS) is 1. The Balaban J connectivity index is 1.51. The Kier molecular flexibility index (Phi) is 5.63. The minimum absolute atomic E-state index is 0.157. The van der Waals surface area contributed by atoms with E-state index in [1.54, 1.807) is 13.1 Å². The Morgan fingerprint density at radius 1 is 1.12 bits per heavy atom. The first kappa shape index (κ1) is 17.8. The molecule has 2 saturated heterocycles. The molecule has 0 aliphatic carbocycles. The molecule has 1 aromatic heterocycles. The highest BCUT2D eigenvalue weighted by Crippen LogP contribution is 2.22. The molecule has 2 aliphatic heterocycles. The molecule has 0 spiro atoms. The van der Waals surface area contributed by atoms with Gasteiger partial charge in [-0.1, -0.05) is 0 Å². The van der Waals surface area contributed by atoms with E-state index < -0.39 is 12.0 Å². The van der Waals surface area contributed by atoms with E-state index >= 15 is 0 Å². The van der Waals surface area contributed by atoms with Gasteiger partial charge >= 0.3 is 5.97 Å². The van der Waals surface area contributed by atoms with E-state index in [0.29, 0.717) is 18.9 Å². The summed E-state index contributed by atoms with van der Waals surface area (Å²) < 4.78 is 0. The first-order chi connectivity index (χ1) is 12.0. The fraction of sp³-hybridized carbons (Fsp3) is 0.667. The van der Waals surface area contributed by atoms with Crippen LogP contribution in [0.15, 0.2) is 12.4 Å². The van der Waals surface area contributed by atoms with Crippen LogP contribution in [0.2, 0.25) is 0 Å². The number of piperidine rings is 1. The molecule has 2 aliphatic rings. The topological polar surface area (TPSA) is 86.6 Å². The van der Waals surface area contributed by atoms with Gasteiger partial charge in [0, 0.05) is 32.8 Å². The summed E-state index contributed by atoms with van der Waals surface area (Å²) in [4.78, 5) is 35.5. The predicted octanol–water partition coefficient (Wildman–Crippen LogP) is 1.33. The predicted molar refractivity (Wildman–Crippen MR) is 91.8 cm³/mol. The maximum atomic E-state index is 11.4. The average Bonchev–Trinajstić information content (AvgIpc) is 3.05. The van der Waals surface area contributed by atoms with Gasteiger partial charge in [0.05, 0.1) is 17.6 Å².